The van der Waals surface area contributed by atoms with Crippen LogP contribution in [0, 0.1) is 5.82 Å². The Hall–Kier alpha value is -3.95. The predicted molar refractivity (Wildman–Crippen MR) is 145 cm³/mol. The summed E-state index contributed by atoms with van der Waals surface area (Å²) in [5, 5.41) is 9.40. The smallest absolute Gasteiger partial charge is 0.254 e. The van der Waals surface area contributed by atoms with E-state index in [1.165, 1.54) is 12.1 Å². The van der Waals surface area contributed by atoms with Gasteiger partial charge in [-0.25, -0.2) is 9.37 Å². The Morgan fingerprint density at radius 2 is 2.13 bits per heavy atom. The van der Waals surface area contributed by atoms with Gasteiger partial charge in [0.05, 0.1) is 16.9 Å². The predicted octanol–water partition coefficient (Wildman–Crippen LogP) is 4.54. The number of hydrogen-bond acceptors (Lipinski definition) is 6. The van der Waals surface area contributed by atoms with E-state index in [-0.39, 0.29) is 11.5 Å². The molecule has 0 unspecified atom stereocenters. The van der Waals surface area contributed by atoms with Gasteiger partial charge in [-0.15, -0.1) is 0 Å². The Kier molecular flexibility index (Phi) is 6.70. The molecule has 0 radical (unpaired) electrons. The Balaban J connectivity index is 1.19. The molecule has 4 aromatic rings. The Morgan fingerprint density at radius 3 is 3.00 bits per heavy atom. The van der Waals surface area contributed by atoms with E-state index in [0.717, 1.165) is 60.7 Å². The SMILES string of the molecule is CCN1CCC[C@H]1CNC(=O)c1ccc(Nc2ccc(-c3ccc4c(c3)CNCO4)n3ccnc23)cc1F. The van der Waals surface area contributed by atoms with Crippen LogP contribution < -0.4 is 20.7 Å². The molecule has 1 atom stereocenters. The van der Waals surface area contributed by atoms with Crippen LogP contribution in [0.4, 0.5) is 15.8 Å². The summed E-state index contributed by atoms with van der Waals surface area (Å²) in [7, 11) is 0. The molecule has 0 saturated carbocycles. The highest BCUT2D eigenvalue weighted by atomic mass is 19.1. The van der Waals surface area contributed by atoms with Gasteiger partial charge in [0.15, 0.2) is 5.65 Å². The maximum atomic E-state index is 15.0. The lowest BCUT2D eigenvalue weighted by atomic mass is 10.1. The molecule has 1 saturated heterocycles. The fourth-order valence-electron chi connectivity index (χ4n) is 5.46. The molecular weight excluding hydrogens is 483 g/mol. The maximum absolute atomic E-state index is 15.0. The molecule has 2 aliphatic heterocycles. The number of pyridine rings is 1. The Morgan fingerprint density at radius 1 is 1.21 bits per heavy atom. The van der Waals surface area contributed by atoms with Crippen LogP contribution in [0.3, 0.4) is 0 Å². The third-order valence-corrected chi connectivity index (χ3v) is 7.45. The van der Waals surface area contributed by atoms with E-state index in [0.29, 0.717) is 30.7 Å². The Bertz CT molecular complexity index is 1490. The fraction of sp³-hybridized carbons (Fsp3) is 0.310. The van der Waals surface area contributed by atoms with Gasteiger partial charge in [0.1, 0.15) is 18.3 Å². The number of aromatic nitrogens is 2. The summed E-state index contributed by atoms with van der Waals surface area (Å²) in [6, 6.07) is 15.0. The molecule has 3 N–H and O–H groups in total. The van der Waals surface area contributed by atoms with Crippen LogP contribution >= 0.6 is 0 Å². The van der Waals surface area contributed by atoms with E-state index in [1.54, 1.807) is 12.3 Å². The lowest BCUT2D eigenvalue weighted by molar-refractivity contribution is 0.0937. The van der Waals surface area contributed by atoms with Crippen molar-refractivity contribution in [1.82, 2.24) is 24.9 Å². The average Bonchev–Trinajstić information content (AvgIpc) is 3.62. The third-order valence-electron chi connectivity index (χ3n) is 7.45. The number of nitrogens with one attached hydrogen (secondary N) is 3. The van der Waals surface area contributed by atoms with Crippen molar-refractivity contribution in [3.05, 3.63) is 77.9 Å². The van der Waals surface area contributed by atoms with Gasteiger partial charge in [0, 0.05) is 42.8 Å². The number of ether oxygens (including phenoxy) is 1. The van der Waals surface area contributed by atoms with Gasteiger partial charge in [0.2, 0.25) is 0 Å². The highest BCUT2D eigenvalue weighted by molar-refractivity contribution is 5.95. The molecule has 6 rings (SSSR count). The highest BCUT2D eigenvalue weighted by Gasteiger charge is 2.24. The summed E-state index contributed by atoms with van der Waals surface area (Å²) >= 11 is 0. The van der Waals surface area contributed by atoms with Crippen LogP contribution in [-0.2, 0) is 6.54 Å². The summed E-state index contributed by atoms with van der Waals surface area (Å²) in [5.74, 6) is -0.0527. The van der Waals surface area contributed by atoms with Crippen molar-refractivity contribution in [1.29, 1.82) is 0 Å². The maximum Gasteiger partial charge on any atom is 0.254 e. The molecule has 0 spiro atoms. The van der Waals surface area contributed by atoms with Gasteiger partial charge >= 0.3 is 0 Å². The lowest BCUT2D eigenvalue weighted by Crippen LogP contribution is -2.40. The minimum absolute atomic E-state index is 0.0452. The first-order chi connectivity index (χ1) is 18.6. The first kappa shape index (κ1) is 24.4. The molecule has 1 amide bonds. The number of hydrogen-bond donors (Lipinski definition) is 3. The lowest BCUT2D eigenvalue weighted by Gasteiger charge is -2.23. The number of likely N-dealkylation sites (N-methyl/N-ethyl adjacent to an activating group) is 1. The van der Waals surface area contributed by atoms with Crippen molar-refractivity contribution in [3.8, 4) is 17.0 Å². The standard InChI is InChI=1S/C29H31FN6O2/c1-2-35-12-3-4-22(35)17-33-29(37)23-7-6-21(15-24(23)30)34-25-8-9-26(36-13-11-32-28(25)36)19-5-10-27-20(14-19)16-31-18-38-27/h5-11,13-15,22,31,34H,2-4,12,16-18H2,1H3,(H,33,37)/t22-/m0/s1. The minimum Gasteiger partial charge on any atom is -0.478 e. The molecule has 2 aromatic carbocycles. The zero-order chi connectivity index (χ0) is 26.1. The summed E-state index contributed by atoms with van der Waals surface area (Å²) in [6.45, 7) is 5.94. The molecule has 2 aromatic heterocycles. The summed E-state index contributed by atoms with van der Waals surface area (Å²) in [6.07, 6.45) is 5.83. The monoisotopic (exact) mass is 514 g/mol. The summed E-state index contributed by atoms with van der Waals surface area (Å²) in [4.78, 5) is 19.6. The second kappa shape index (κ2) is 10.4. The second-order valence-electron chi connectivity index (χ2n) is 9.75. The average molecular weight is 515 g/mol. The number of rotatable bonds is 7. The van der Waals surface area contributed by atoms with Gasteiger partial charge in [-0.1, -0.05) is 6.92 Å². The zero-order valence-corrected chi connectivity index (χ0v) is 21.3. The van der Waals surface area contributed by atoms with E-state index in [9.17, 15) is 9.18 Å². The molecule has 196 valence electrons. The van der Waals surface area contributed by atoms with Gasteiger partial charge in [-0.2, -0.15) is 0 Å². The van der Waals surface area contributed by atoms with E-state index >= 15 is 0 Å². The summed E-state index contributed by atoms with van der Waals surface area (Å²) < 4.78 is 22.6. The number of amides is 1. The second-order valence-corrected chi connectivity index (χ2v) is 9.75. The zero-order valence-electron chi connectivity index (χ0n) is 21.3. The van der Waals surface area contributed by atoms with Crippen LogP contribution in [0.15, 0.2) is 60.9 Å². The quantitative estimate of drug-likeness (QED) is 0.336. The molecule has 8 nitrogen and oxygen atoms in total. The first-order valence-electron chi connectivity index (χ1n) is 13.1. The number of imidazole rings is 1. The van der Waals surface area contributed by atoms with Gasteiger partial charge < -0.3 is 15.4 Å². The van der Waals surface area contributed by atoms with Gasteiger partial charge in [-0.05, 0) is 80.0 Å². The molecule has 0 aliphatic carbocycles. The normalized spacial score (nSPS) is 17.3. The molecule has 38 heavy (non-hydrogen) atoms. The largest absolute Gasteiger partial charge is 0.478 e. The molecule has 1 fully saturated rings. The Labute approximate surface area is 220 Å². The van der Waals surface area contributed by atoms with Crippen molar-refractivity contribution in [2.45, 2.75) is 32.4 Å². The van der Waals surface area contributed by atoms with Crippen LogP contribution in [0.2, 0.25) is 0 Å². The van der Waals surface area contributed by atoms with Crippen LogP contribution in [0.1, 0.15) is 35.7 Å². The molecule has 0 bridgehead atoms. The fourth-order valence-corrected chi connectivity index (χ4v) is 5.46. The van der Waals surface area contributed by atoms with Crippen molar-refractivity contribution < 1.29 is 13.9 Å². The number of halogens is 1. The van der Waals surface area contributed by atoms with Crippen LogP contribution in [-0.4, -0.2) is 52.6 Å². The number of likely N-dealkylation sites (tertiary alicyclic amines) is 1. The minimum atomic E-state index is -0.563. The summed E-state index contributed by atoms with van der Waals surface area (Å²) in [5.41, 5.74) is 5.18. The highest BCUT2D eigenvalue weighted by Crippen LogP contribution is 2.31. The van der Waals surface area contributed by atoms with E-state index in [4.69, 9.17) is 4.74 Å². The van der Waals surface area contributed by atoms with E-state index in [2.05, 4.69) is 38.8 Å². The molecule has 2 aliphatic rings. The van der Waals surface area contributed by atoms with Crippen molar-refractivity contribution >= 4 is 22.9 Å². The molecular formula is C29H31FN6O2. The number of benzene rings is 2. The van der Waals surface area contributed by atoms with Crippen LogP contribution in [0.5, 0.6) is 5.75 Å². The molecule has 9 heteroatoms. The molecule has 4 heterocycles. The van der Waals surface area contributed by atoms with E-state index < -0.39 is 5.82 Å². The first-order valence-corrected chi connectivity index (χ1v) is 13.1. The topological polar surface area (TPSA) is 82.9 Å². The van der Waals surface area contributed by atoms with Crippen molar-refractivity contribution in [2.24, 2.45) is 0 Å². The van der Waals surface area contributed by atoms with Crippen LogP contribution in [0.25, 0.3) is 16.9 Å². The van der Waals surface area contributed by atoms with Crippen molar-refractivity contribution in [2.75, 3.05) is 31.7 Å². The number of anilines is 2. The van der Waals surface area contributed by atoms with Crippen molar-refractivity contribution in [3.63, 3.8) is 0 Å². The number of carbonyl (C=O) groups is 1. The van der Waals surface area contributed by atoms with Gasteiger partial charge in [0.25, 0.3) is 5.91 Å². The number of carbonyl (C=O) groups excluding carboxylic acids is 1. The van der Waals surface area contributed by atoms with Gasteiger partial charge in [-0.3, -0.25) is 19.4 Å². The third kappa shape index (κ3) is 4.70. The van der Waals surface area contributed by atoms with E-state index in [1.807, 2.05) is 34.9 Å². The number of fused-ring (bicyclic) bond motifs is 2. The number of nitrogens with zero attached hydrogens (tertiary/aromatic N) is 3.